The Labute approximate surface area is 122 Å². The first kappa shape index (κ1) is 14.1. The zero-order valence-electron chi connectivity index (χ0n) is 12.2. The van der Waals surface area contributed by atoms with E-state index in [0.717, 1.165) is 25.8 Å². The van der Waals surface area contributed by atoms with Crippen molar-refractivity contribution in [2.75, 3.05) is 26.2 Å². The summed E-state index contributed by atoms with van der Waals surface area (Å²) in [7, 11) is 0. The van der Waals surface area contributed by atoms with Crippen LogP contribution in [0.2, 0.25) is 0 Å². The molecular weight excluding hydrogens is 248 g/mol. The van der Waals surface area contributed by atoms with E-state index in [2.05, 4.69) is 40.5 Å². The molecule has 2 N–H and O–H groups in total. The van der Waals surface area contributed by atoms with Gasteiger partial charge in [0.25, 0.3) is 0 Å². The topological polar surface area (TPSA) is 35.5 Å². The van der Waals surface area contributed by atoms with Gasteiger partial charge in [0.05, 0.1) is 6.10 Å². The molecule has 1 aliphatic carbocycles. The summed E-state index contributed by atoms with van der Waals surface area (Å²) in [6.07, 6.45) is 4.40. The summed E-state index contributed by atoms with van der Waals surface area (Å²) in [4.78, 5) is 2.57. The van der Waals surface area contributed by atoms with Crippen molar-refractivity contribution in [3.8, 4) is 0 Å². The Kier molecular flexibility index (Phi) is 4.71. The minimum absolute atomic E-state index is 0.0206. The van der Waals surface area contributed by atoms with E-state index in [1.54, 1.807) is 0 Å². The minimum Gasteiger partial charge on any atom is -0.393 e. The molecule has 110 valence electrons. The average Bonchev–Trinajstić information content (AvgIpc) is 2.89. The van der Waals surface area contributed by atoms with Gasteiger partial charge in [-0.3, -0.25) is 0 Å². The molecule has 1 saturated heterocycles. The molecule has 20 heavy (non-hydrogen) atoms. The number of aliphatic hydroxyl groups excluding tert-OH is 1. The van der Waals surface area contributed by atoms with Gasteiger partial charge in [-0.25, -0.2) is 0 Å². The van der Waals surface area contributed by atoms with Gasteiger partial charge in [0.1, 0.15) is 0 Å². The Balaban J connectivity index is 1.32. The molecule has 0 radical (unpaired) electrons. The van der Waals surface area contributed by atoms with Gasteiger partial charge < -0.3 is 15.3 Å². The molecule has 0 aromatic heterocycles. The molecule has 3 nitrogen and oxygen atoms in total. The molecule has 0 bridgehead atoms. The number of aliphatic hydroxyl groups is 1. The van der Waals surface area contributed by atoms with E-state index in [1.807, 2.05) is 0 Å². The molecule has 3 rings (SSSR count). The lowest BCUT2D eigenvalue weighted by atomic mass is 9.82. The maximum Gasteiger partial charge on any atom is 0.0546 e. The van der Waals surface area contributed by atoms with Crippen molar-refractivity contribution in [3.63, 3.8) is 0 Å². The highest BCUT2D eigenvalue weighted by molar-refractivity contribution is 5.14. The number of hydrogen-bond acceptors (Lipinski definition) is 3. The second kappa shape index (κ2) is 6.70. The van der Waals surface area contributed by atoms with Crippen molar-refractivity contribution < 1.29 is 5.11 Å². The Morgan fingerprint density at radius 2 is 2.00 bits per heavy atom. The SMILES string of the molecule is OC1CC(CNC2CCN(CCc3ccccc3)C2)C1. The Morgan fingerprint density at radius 3 is 2.75 bits per heavy atom. The number of benzene rings is 1. The lowest BCUT2D eigenvalue weighted by Gasteiger charge is -2.32. The second-order valence-electron chi connectivity index (χ2n) is 6.42. The summed E-state index contributed by atoms with van der Waals surface area (Å²) in [6.45, 7) is 4.67. The maximum absolute atomic E-state index is 9.29. The first-order valence-corrected chi connectivity index (χ1v) is 7.97. The highest BCUT2D eigenvalue weighted by Gasteiger charge is 2.28. The summed E-state index contributed by atoms with van der Waals surface area (Å²) in [5.74, 6) is 0.711. The zero-order chi connectivity index (χ0) is 13.8. The van der Waals surface area contributed by atoms with Crippen LogP contribution in [0.15, 0.2) is 30.3 Å². The van der Waals surface area contributed by atoms with Crippen molar-refractivity contribution >= 4 is 0 Å². The van der Waals surface area contributed by atoms with Gasteiger partial charge in [0.2, 0.25) is 0 Å². The van der Waals surface area contributed by atoms with Crippen molar-refractivity contribution in [2.24, 2.45) is 5.92 Å². The van der Waals surface area contributed by atoms with Crippen molar-refractivity contribution in [3.05, 3.63) is 35.9 Å². The number of likely N-dealkylation sites (tertiary alicyclic amines) is 1. The van der Waals surface area contributed by atoms with Gasteiger partial charge in [-0.15, -0.1) is 0 Å². The van der Waals surface area contributed by atoms with Crippen molar-refractivity contribution in [1.82, 2.24) is 10.2 Å². The van der Waals surface area contributed by atoms with E-state index in [1.165, 1.54) is 31.6 Å². The fourth-order valence-corrected chi connectivity index (χ4v) is 3.33. The van der Waals surface area contributed by atoms with Gasteiger partial charge >= 0.3 is 0 Å². The van der Waals surface area contributed by atoms with Crippen LogP contribution in [0.4, 0.5) is 0 Å². The van der Waals surface area contributed by atoms with Crippen LogP contribution in [-0.4, -0.2) is 48.3 Å². The Bertz CT molecular complexity index is 403. The minimum atomic E-state index is -0.0206. The van der Waals surface area contributed by atoms with Crippen LogP contribution in [0.25, 0.3) is 0 Å². The fraction of sp³-hybridized carbons (Fsp3) is 0.647. The summed E-state index contributed by atoms with van der Waals surface area (Å²) >= 11 is 0. The summed E-state index contributed by atoms with van der Waals surface area (Å²) in [5.41, 5.74) is 1.44. The molecule has 1 heterocycles. The van der Waals surface area contributed by atoms with Gasteiger partial charge in [0, 0.05) is 19.1 Å². The summed E-state index contributed by atoms with van der Waals surface area (Å²) in [6, 6.07) is 11.4. The van der Waals surface area contributed by atoms with Crippen LogP contribution in [0.3, 0.4) is 0 Å². The van der Waals surface area contributed by atoms with Crippen LogP contribution in [-0.2, 0) is 6.42 Å². The first-order valence-electron chi connectivity index (χ1n) is 7.97. The predicted octanol–water partition coefficient (Wildman–Crippen LogP) is 1.66. The third-order valence-electron chi connectivity index (χ3n) is 4.74. The number of rotatable bonds is 6. The van der Waals surface area contributed by atoms with Crippen LogP contribution in [0.1, 0.15) is 24.8 Å². The molecule has 0 amide bonds. The molecule has 1 aromatic rings. The van der Waals surface area contributed by atoms with E-state index < -0.39 is 0 Å². The van der Waals surface area contributed by atoms with Crippen molar-refractivity contribution in [1.29, 1.82) is 0 Å². The maximum atomic E-state index is 9.29. The molecule has 1 aliphatic heterocycles. The third-order valence-corrected chi connectivity index (χ3v) is 4.74. The lowest BCUT2D eigenvalue weighted by Crippen LogP contribution is -2.41. The average molecular weight is 274 g/mol. The molecule has 0 spiro atoms. The van der Waals surface area contributed by atoms with Crippen molar-refractivity contribution in [2.45, 2.75) is 37.8 Å². The smallest absolute Gasteiger partial charge is 0.0546 e. The van der Waals surface area contributed by atoms with Gasteiger partial charge in [0.15, 0.2) is 0 Å². The van der Waals surface area contributed by atoms with E-state index in [9.17, 15) is 5.11 Å². The monoisotopic (exact) mass is 274 g/mol. The quantitative estimate of drug-likeness (QED) is 0.828. The molecule has 1 atom stereocenters. The largest absolute Gasteiger partial charge is 0.393 e. The van der Waals surface area contributed by atoms with E-state index >= 15 is 0 Å². The van der Waals surface area contributed by atoms with Gasteiger partial charge in [-0.2, -0.15) is 0 Å². The molecule has 2 aliphatic rings. The summed E-state index contributed by atoms with van der Waals surface area (Å²) in [5, 5.41) is 13.0. The second-order valence-corrected chi connectivity index (χ2v) is 6.42. The lowest BCUT2D eigenvalue weighted by molar-refractivity contribution is 0.0419. The molecule has 1 saturated carbocycles. The van der Waals surface area contributed by atoms with Gasteiger partial charge in [-0.05, 0) is 50.3 Å². The number of hydrogen-bond donors (Lipinski definition) is 2. The number of nitrogens with one attached hydrogen (secondary N) is 1. The highest BCUT2D eigenvalue weighted by atomic mass is 16.3. The van der Waals surface area contributed by atoms with Crippen LogP contribution in [0, 0.1) is 5.92 Å². The van der Waals surface area contributed by atoms with Crippen LogP contribution < -0.4 is 5.32 Å². The van der Waals surface area contributed by atoms with Gasteiger partial charge in [-0.1, -0.05) is 30.3 Å². The molecule has 3 heteroatoms. The fourth-order valence-electron chi connectivity index (χ4n) is 3.33. The van der Waals surface area contributed by atoms with E-state index in [-0.39, 0.29) is 6.10 Å². The normalized spacial score (nSPS) is 30.4. The molecular formula is C17H26N2O. The van der Waals surface area contributed by atoms with E-state index in [4.69, 9.17) is 0 Å². The third kappa shape index (κ3) is 3.81. The van der Waals surface area contributed by atoms with Crippen LogP contribution >= 0.6 is 0 Å². The molecule has 1 unspecified atom stereocenters. The Morgan fingerprint density at radius 1 is 1.20 bits per heavy atom. The molecule has 1 aromatic carbocycles. The number of nitrogens with zero attached hydrogens (tertiary/aromatic N) is 1. The predicted molar refractivity (Wildman–Crippen MR) is 81.7 cm³/mol. The van der Waals surface area contributed by atoms with E-state index in [0.29, 0.717) is 12.0 Å². The standard InChI is InChI=1S/C17H26N2O/c20-17-10-15(11-17)12-18-16-7-9-19(13-16)8-6-14-4-2-1-3-5-14/h1-5,15-18,20H,6-13H2. The van der Waals surface area contributed by atoms with Crippen LogP contribution in [0.5, 0.6) is 0 Å². The zero-order valence-corrected chi connectivity index (χ0v) is 12.2. The first-order chi connectivity index (χ1) is 9.79. The highest BCUT2D eigenvalue weighted by Crippen LogP contribution is 2.26. The molecule has 2 fully saturated rings. The summed E-state index contributed by atoms with van der Waals surface area (Å²) < 4.78 is 0. The Hall–Kier alpha value is -0.900.